The Kier molecular flexibility index (Phi) is 6.68. The number of rotatable bonds is 5. The molecule has 2 rings (SSSR count). The number of hydrogen-bond acceptors (Lipinski definition) is 3. The molecule has 1 fully saturated rings. The highest BCUT2D eigenvalue weighted by Crippen LogP contribution is 2.04. The van der Waals surface area contributed by atoms with Crippen LogP contribution in [-0.2, 0) is 11.3 Å². The average Bonchev–Trinajstić information content (AvgIpc) is 2.52. The maximum Gasteiger partial charge on any atom is 0.191 e. The first-order valence-electron chi connectivity index (χ1n) is 8.05. The van der Waals surface area contributed by atoms with E-state index in [0.717, 1.165) is 38.7 Å². The number of benzene rings is 1. The van der Waals surface area contributed by atoms with E-state index in [-0.39, 0.29) is 6.10 Å². The van der Waals surface area contributed by atoms with E-state index in [4.69, 9.17) is 4.74 Å². The molecule has 0 bridgehead atoms. The zero-order valence-corrected chi connectivity index (χ0v) is 13.9. The van der Waals surface area contributed by atoms with Gasteiger partial charge < -0.3 is 20.3 Å². The number of nitrogens with zero attached hydrogens (tertiary/aromatic N) is 2. The van der Waals surface area contributed by atoms with Gasteiger partial charge in [-0.1, -0.05) is 29.8 Å². The summed E-state index contributed by atoms with van der Waals surface area (Å²) < 4.78 is 5.77. The lowest BCUT2D eigenvalue weighted by molar-refractivity contribution is -0.0161. The fraction of sp³-hybridized carbons (Fsp3) is 0.588. The van der Waals surface area contributed by atoms with E-state index in [0.29, 0.717) is 6.54 Å². The van der Waals surface area contributed by atoms with Gasteiger partial charge in [0, 0.05) is 26.2 Å². The molecule has 5 heteroatoms. The summed E-state index contributed by atoms with van der Waals surface area (Å²) >= 11 is 0. The minimum atomic E-state index is 0.224. The molecular weight excluding hydrogens is 276 g/mol. The summed E-state index contributed by atoms with van der Waals surface area (Å²) in [6, 6.07) is 8.50. The van der Waals surface area contributed by atoms with Crippen molar-refractivity contribution < 1.29 is 4.74 Å². The normalized spacial score (nSPS) is 20.0. The number of hydrogen-bond donors (Lipinski definition) is 2. The summed E-state index contributed by atoms with van der Waals surface area (Å²) in [5, 5.41) is 6.66. The molecule has 1 atom stereocenters. The van der Waals surface area contributed by atoms with Crippen molar-refractivity contribution in [2.75, 3.05) is 39.8 Å². The van der Waals surface area contributed by atoms with E-state index in [1.807, 2.05) is 0 Å². The van der Waals surface area contributed by atoms with Crippen molar-refractivity contribution in [3.8, 4) is 0 Å². The van der Waals surface area contributed by atoms with E-state index in [1.54, 1.807) is 0 Å². The van der Waals surface area contributed by atoms with Gasteiger partial charge in [0.2, 0.25) is 0 Å². The third kappa shape index (κ3) is 5.66. The van der Waals surface area contributed by atoms with Crippen molar-refractivity contribution in [3.05, 3.63) is 35.4 Å². The van der Waals surface area contributed by atoms with E-state index in [9.17, 15) is 0 Å². The van der Waals surface area contributed by atoms with Crippen LogP contribution in [0, 0.1) is 6.92 Å². The van der Waals surface area contributed by atoms with Gasteiger partial charge in [-0.25, -0.2) is 4.99 Å². The monoisotopic (exact) mass is 304 g/mol. The van der Waals surface area contributed by atoms with Gasteiger partial charge in [-0.15, -0.1) is 0 Å². The molecule has 122 valence electrons. The molecule has 1 aliphatic rings. The largest absolute Gasteiger partial charge is 0.374 e. The van der Waals surface area contributed by atoms with Crippen LogP contribution in [0.15, 0.2) is 29.3 Å². The molecule has 0 aliphatic carbocycles. The van der Waals surface area contributed by atoms with Crippen molar-refractivity contribution >= 4 is 5.96 Å². The maximum atomic E-state index is 5.77. The molecule has 0 amide bonds. The van der Waals surface area contributed by atoms with Gasteiger partial charge in [-0.05, 0) is 26.5 Å². The minimum Gasteiger partial charge on any atom is -0.374 e. The second-order valence-corrected chi connectivity index (χ2v) is 5.82. The van der Waals surface area contributed by atoms with Crippen LogP contribution in [0.25, 0.3) is 0 Å². The Hall–Kier alpha value is -1.59. The van der Waals surface area contributed by atoms with Crippen molar-refractivity contribution in [1.82, 2.24) is 15.5 Å². The Morgan fingerprint density at radius 1 is 1.32 bits per heavy atom. The Balaban J connectivity index is 1.85. The molecule has 0 radical (unpaired) electrons. The quantitative estimate of drug-likeness (QED) is 0.637. The third-order valence-corrected chi connectivity index (χ3v) is 3.72. The Bertz CT molecular complexity index is 472. The first kappa shape index (κ1) is 16.8. The summed E-state index contributed by atoms with van der Waals surface area (Å²) in [4.78, 5) is 6.94. The van der Waals surface area contributed by atoms with Crippen LogP contribution in [0.5, 0.6) is 0 Å². The fourth-order valence-corrected chi connectivity index (χ4v) is 2.41. The number of morpholine rings is 1. The van der Waals surface area contributed by atoms with Crippen LogP contribution < -0.4 is 10.6 Å². The zero-order chi connectivity index (χ0) is 15.8. The summed E-state index contributed by atoms with van der Waals surface area (Å²) in [6.45, 7) is 9.27. The van der Waals surface area contributed by atoms with Crippen molar-refractivity contribution in [2.45, 2.75) is 26.5 Å². The second-order valence-electron chi connectivity index (χ2n) is 5.82. The van der Waals surface area contributed by atoms with Crippen LogP contribution in [0.1, 0.15) is 18.1 Å². The highest BCUT2D eigenvalue weighted by atomic mass is 16.5. The Morgan fingerprint density at radius 2 is 2.09 bits per heavy atom. The zero-order valence-electron chi connectivity index (χ0n) is 13.9. The number of aliphatic imine (C=N–C) groups is 1. The van der Waals surface area contributed by atoms with E-state index in [1.165, 1.54) is 11.1 Å². The molecule has 1 heterocycles. The van der Waals surface area contributed by atoms with Crippen LogP contribution in [0.4, 0.5) is 0 Å². The predicted molar refractivity (Wildman–Crippen MR) is 91.2 cm³/mol. The molecular formula is C17H28N4O. The summed E-state index contributed by atoms with van der Waals surface area (Å²) in [7, 11) is 2.13. The Labute approximate surface area is 133 Å². The lowest BCUT2D eigenvalue weighted by atomic mass is 10.1. The molecule has 0 aromatic heterocycles. The molecule has 5 nitrogen and oxygen atoms in total. The van der Waals surface area contributed by atoms with Gasteiger partial charge >= 0.3 is 0 Å². The van der Waals surface area contributed by atoms with Gasteiger partial charge in [0.05, 0.1) is 19.3 Å². The molecule has 22 heavy (non-hydrogen) atoms. The smallest absolute Gasteiger partial charge is 0.191 e. The van der Waals surface area contributed by atoms with Crippen molar-refractivity contribution in [2.24, 2.45) is 4.99 Å². The standard InChI is InChI=1S/C17H28N4O/c1-4-18-17(19-11-15-7-5-14(2)6-8-15)20-12-16-13-21(3)9-10-22-16/h5-8,16H,4,9-13H2,1-3H3,(H2,18,19,20). The van der Waals surface area contributed by atoms with Gasteiger partial charge in [0.25, 0.3) is 0 Å². The summed E-state index contributed by atoms with van der Waals surface area (Å²) in [6.07, 6.45) is 0.224. The average molecular weight is 304 g/mol. The predicted octanol–water partition coefficient (Wildman–Crippen LogP) is 1.38. The lowest BCUT2D eigenvalue weighted by Crippen LogP contribution is -2.48. The third-order valence-electron chi connectivity index (χ3n) is 3.72. The molecule has 1 unspecified atom stereocenters. The van der Waals surface area contributed by atoms with Crippen LogP contribution in [-0.4, -0.2) is 56.8 Å². The lowest BCUT2D eigenvalue weighted by Gasteiger charge is -2.30. The fourth-order valence-electron chi connectivity index (χ4n) is 2.41. The number of aryl methyl sites for hydroxylation is 1. The van der Waals surface area contributed by atoms with Crippen molar-refractivity contribution in [1.29, 1.82) is 0 Å². The molecule has 1 saturated heterocycles. The van der Waals surface area contributed by atoms with Gasteiger partial charge in [0.15, 0.2) is 5.96 Å². The highest BCUT2D eigenvalue weighted by Gasteiger charge is 2.17. The first-order chi connectivity index (χ1) is 10.7. The Morgan fingerprint density at radius 3 is 2.77 bits per heavy atom. The van der Waals surface area contributed by atoms with Gasteiger partial charge in [-0.2, -0.15) is 0 Å². The molecule has 0 saturated carbocycles. The SMILES string of the molecule is CCNC(=NCc1ccc(C)cc1)NCC1CN(C)CCO1. The topological polar surface area (TPSA) is 48.9 Å². The van der Waals surface area contributed by atoms with Crippen LogP contribution in [0.2, 0.25) is 0 Å². The number of ether oxygens (including phenoxy) is 1. The number of nitrogens with one attached hydrogen (secondary N) is 2. The summed E-state index contributed by atoms with van der Waals surface area (Å²) in [5.74, 6) is 0.847. The number of likely N-dealkylation sites (N-methyl/N-ethyl adjacent to an activating group) is 1. The van der Waals surface area contributed by atoms with E-state index >= 15 is 0 Å². The molecule has 1 aromatic rings. The van der Waals surface area contributed by atoms with Crippen LogP contribution in [0.3, 0.4) is 0 Å². The highest BCUT2D eigenvalue weighted by molar-refractivity contribution is 5.79. The van der Waals surface area contributed by atoms with Gasteiger partial charge in [-0.3, -0.25) is 0 Å². The molecule has 2 N–H and O–H groups in total. The van der Waals surface area contributed by atoms with Crippen LogP contribution >= 0.6 is 0 Å². The van der Waals surface area contributed by atoms with Gasteiger partial charge in [0.1, 0.15) is 0 Å². The first-order valence-corrected chi connectivity index (χ1v) is 8.05. The minimum absolute atomic E-state index is 0.224. The van der Waals surface area contributed by atoms with E-state index in [2.05, 4.69) is 65.7 Å². The number of guanidine groups is 1. The molecule has 1 aromatic carbocycles. The maximum absolute atomic E-state index is 5.77. The molecule has 1 aliphatic heterocycles. The molecule has 0 spiro atoms. The second kappa shape index (κ2) is 8.76. The summed E-state index contributed by atoms with van der Waals surface area (Å²) in [5.41, 5.74) is 2.49. The van der Waals surface area contributed by atoms with Crippen molar-refractivity contribution in [3.63, 3.8) is 0 Å². The van der Waals surface area contributed by atoms with E-state index < -0.39 is 0 Å².